The van der Waals surface area contributed by atoms with Crippen LogP contribution in [0.5, 0.6) is 0 Å². The molecule has 0 aromatic carbocycles. The summed E-state index contributed by atoms with van der Waals surface area (Å²) in [5.74, 6) is 0. The Morgan fingerprint density at radius 1 is 0.769 bits per heavy atom. The Morgan fingerprint density at radius 2 is 0.769 bits per heavy atom. The zero-order valence-corrected chi connectivity index (χ0v) is 12.4. The fraction of sp³-hybridized carbons (Fsp3) is 0.800. The predicted molar refractivity (Wildman–Crippen MR) is 56.8 cm³/mol. The molecule has 0 heterocycles. The van der Waals surface area contributed by atoms with Gasteiger partial charge in [-0.25, -0.2) is 0 Å². The minimum absolute atomic E-state index is 0. The fourth-order valence-corrected chi connectivity index (χ4v) is 0. The number of aliphatic hydroxyl groups excluding tert-OH is 2. The first kappa shape index (κ1) is 29.2. The number of hydrogen-bond acceptors (Lipinski definition) is 2. The van der Waals surface area contributed by atoms with E-state index >= 15 is 0 Å². The van der Waals surface area contributed by atoms with E-state index in [1.807, 2.05) is 40.5 Å². The molecule has 0 unspecified atom stereocenters. The molecule has 82 valence electrons. The van der Waals surface area contributed by atoms with Crippen LogP contribution in [0.3, 0.4) is 0 Å². The molecule has 0 aromatic rings. The summed E-state index contributed by atoms with van der Waals surface area (Å²) in [6, 6.07) is 0. The monoisotopic (exact) mass is 268 g/mol. The van der Waals surface area contributed by atoms with Crippen LogP contribution in [0.2, 0.25) is 0 Å². The zero-order chi connectivity index (χ0) is 10.8. The summed E-state index contributed by atoms with van der Waals surface area (Å²) in [4.78, 5) is 0. The van der Waals surface area contributed by atoms with Gasteiger partial charge in [-0.05, 0) is 13.8 Å². The van der Waals surface area contributed by atoms with Gasteiger partial charge in [-0.1, -0.05) is 0 Å². The molecular formula is C10H26O2Zr. The molecular weight excluding hydrogens is 243 g/mol. The predicted octanol–water partition coefficient (Wildman–Crippen LogP) is 2.46. The fourth-order valence-electron chi connectivity index (χ4n) is 0. The molecule has 0 bridgehead atoms. The summed E-state index contributed by atoms with van der Waals surface area (Å²) >= 11 is 0. The maximum atomic E-state index is 7.57. The van der Waals surface area contributed by atoms with Crippen LogP contribution in [0, 0.1) is 12.8 Å². The second kappa shape index (κ2) is 77.3. The van der Waals surface area contributed by atoms with Crippen LogP contribution in [0.4, 0.5) is 0 Å². The Morgan fingerprint density at radius 3 is 0.769 bits per heavy atom. The average Bonchev–Trinajstić information content (AvgIpc) is 1.92. The standard InChI is InChI=1S/2C3H7.2C2H6O.Zr/c2*1-3-2;2*1-2-3;/h2*3H,1-2H3;2*3H,2H2,1H3;/q2*-1;;;+2. The summed E-state index contributed by atoms with van der Waals surface area (Å²) in [6.45, 7) is 11.9. The molecule has 0 spiro atoms. The molecule has 2 nitrogen and oxygen atoms in total. The van der Waals surface area contributed by atoms with Gasteiger partial charge in [0.25, 0.3) is 0 Å². The molecule has 0 saturated heterocycles. The molecule has 0 rings (SSSR count). The Hall–Kier alpha value is 0.803. The van der Waals surface area contributed by atoms with Crippen molar-refractivity contribution in [3.05, 3.63) is 12.8 Å². The molecule has 0 aliphatic carbocycles. The van der Waals surface area contributed by atoms with E-state index in [4.69, 9.17) is 10.2 Å². The smallest absolute Gasteiger partial charge is 0.397 e. The minimum Gasteiger partial charge on any atom is -0.397 e. The van der Waals surface area contributed by atoms with Gasteiger partial charge in [0.2, 0.25) is 0 Å². The van der Waals surface area contributed by atoms with Gasteiger partial charge < -0.3 is 23.1 Å². The molecule has 0 fully saturated rings. The van der Waals surface area contributed by atoms with Gasteiger partial charge in [0.05, 0.1) is 0 Å². The van der Waals surface area contributed by atoms with Crippen molar-refractivity contribution in [2.24, 2.45) is 0 Å². The van der Waals surface area contributed by atoms with Crippen molar-refractivity contribution in [3.8, 4) is 0 Å². The van der Waals surface area contributed by atoms with Crippen molar-refractivity contribution in [2.75, 3.05) is 13.2 Å². The third kappa shape index (κ3) is 2320. The molecule has 13 heavy (non-hydrogen) atoms. The number of aliphatic hydroxyl groups is 2. The van der Waals surface area contributed by atoms with Gasteiger partial charge in [0.15, 0.2) is 0 Å². The van der Waals surface area contributed by atoms with Crippen molar-refractivity contribution < 1.29 is 36.4 Å². The van der Waals surface area contributed by atoms with Crippen molar-refractivity contribution in [1.29, 1.82) is 0 Å². The zero-order valence-electron chi connectivity index (χ0n) is 9.96. The molecule has 2 N–H and O–H groups in total. The summed E-state index contributed by atoms with van der Waals surface area (Å²) in [7, 11) is 0. The summed E-state index contributed by atoms with van der Waals surface area (Å²) in [5, 5.41) is 15.1. The number of hydrogen-bond donors (Lipinski definition) is 2. The first-order valence-corrected chi connectivity index (χ1v) is 4.36. The van der Waals surface area contributed by atoms with Crippen molar-refractivity contribution in [3.63, 3.8) is 0 Å². The summed E-state index contributed by atoms with van der Waals surface area (Å²) in [6.07, 6.45) is 4.00. The maximum absolute atomic E-state index is 7.57. The summed E-state index contributed by atoms with van der Waals surface area (Å²) in [5.41, 5.74) is 0. The van der Waals surface area contributed by atoms with E-state index in [9.17, 15) is 0 Å². The van der Waals surface area contributed by atoms with E-state index in [0.29, 0.717) is 0 Å². The van der Waals surface area contributed by atoms with Crippen LogP contribution in [0.1, 0.15) is 41.5 Å². The molecule has 3 heteroatoms. The van der Waals surface area contributed by atoms with E-state index in [1.54, 1.807) is 13.8 Å². The van der Waals surface area contributed by atoms with Gasteiger partial charge in [0.1, 0.15) is 0 Å². The van der Waals surface area contributed by atoms with E-state index in [-0.39, 0.29) is 39.4 Å². The van der Waals surface area contributed by atoms with Crippen LogP contribution in [-0.2, 0) is 26.2 Å². The SMILES string of the molecule is CCO.CCO.C[CH-]C.C[CH-]C.[Zr+2]. The molecule has 0 atom stereocenters. The van der Waals surface area contributed by atoms with E-state index < -0.39 is 0 Å². The maximum Gasteiger partial charge on any atom is 2.00 e. The van der Waals surface area contributed by atoms with Crippen molar-refractivity contribution in [2.45, 2.75) is 41.5 Å². The minimum atomic E-state index is 0. The quantitative estimate of drug-likeness (QED) is 0.663. The van der Waals surface area contributed by atoms with Gasteiger partial charge in [-0.15, -0.1) is 0 Å². The first-order chi connectivity index (χ1) is 5.66. The van der Waals surface area contributed by atoms with Crippen LogP contribution in [0.25, 0.3) is 0 Å². The van der Waals surface area contributed by atoms with Crippen LogP contribution >= 0.6 is 0 Å². The largest absolute Gasteiger partial charge is 2.00 e. The topological polar surface area (TPSA) is 40.5 Å². The van der Waals surface area contributed by atoms with Crippen molar-refractivity contribution >= 4 is 0 Å². The Bertz CT molecular complexity index is 20.9. The molecule has 0 aliphatic heterocycles. The normalized spacial score (nSPS) is 5.54. The Labute approximate surface area is 104 Å². The van der Waals surface area contributed by atoms with Crippen LogP contribution in [-0.4, -0.2) is 23.4 Å². The molecule has 0 amide bonds. The molecule has 0 aromatic heterocycles. The van der Waals surface area contributed by atoms with Gasteiger partial charge in [-0.2, -0.15) is 27.7 Å². The molecule has 0 saturated carbocycles. The summed E-state index contributed by atoms with van der Waals surface area (Å²) < 4.78 is 0. The first-order valence-electron chi connectivity index (χ1n) is 4.36. The van der Waals surface area contributed by atoms with Gasteiger partial charge in [-0.3, -0.25) is 0 Å². The van der Waals surface area contributed by atoms with E-state index in [2.05, 4.69) is 0 Å². The Kier molecular flexibility index (Phi) is 174. The second-order valence-electron chi connectivity index (χ2n) is 1.79. The number of rotatable bonds is 0. The van der Waals surface area contributed by atoms with Crippen LogP contribution in [0.15, 0.2) is 0 Å². The third-order valence-electron chi connectivity index (χ3n) is 0. The third-order valence-corrected chi connectivity index (χ3v) is 0. The van der Waals surface area contributed by atoms with Crippen molar-refractivity contribution in [1.82, 2.24) is 0 Å². The van der Waals surface area contributed by atoms with Gasteiger partial charge in [0, 0.05) is 13.2 Å². The molecule has 0 radical (unpaired) electrons. The second-order valence-corrected chi connectivity index (χ2v) is 1.79. The van der Waals surface area contributed by atoms with E-state index in [1.165, 1.54) is 0 Å². The van der Waals surface area contributed by atoms with Gasteiger partial charge >= 0.3 is 26.2 Å². The average molecular weight is 270 g/mol. The Balaban J connectivity index is -0.0000000213. The van der Waals surface area contributed by atoms with E-state index in [0.717, 1.165) is 0 Å². The molecule has 0 aliphatic rings. The van der Waals surface area contributed by atoms with Crippen LogP contribution < -0.4 is 0 Å².